The van der Waals surface area contributed by atoms with E-state index in [1.165, 1.54) is 5.56 Å². The van der Waals surface area contributed by atoms with E-state index >= 15 is 0 Å². The van der Waals surface area contributed by atoms with Gasteiger partial charge in [0.25, 0.3) is 0 Å². The molecular formula is C19H29N5O2S. The number of morpholine rings is 1. The van der Waals surface area contributed by atoms with E-state index in [9.17, 15) is 0 Å². The van der Waals surface area contributed by atoms with E-state index in [2.05, 4.69) is 33.3 Å². The molecule has 148 valence electrons. The molecule has 0 unspecified atom stereocenters. The monoisotopic (exact) mass is 391 g/mol. The van der Waals surface area contributed by atoms with E-state index in [4.69, 9.17) is 15.3 Å². The number of benzene rings is 1. The van der Waals surface area contributed by atoms with Crippen LogP contribution in [0.15, 0.2) is 23.4 Å². The smallest absolute Gasteiger partial charge is 0.210 e. The number of nitrogen functional groups attached to an aromatic ring is 1. The van der Waals surface area contributed by atoms with E-state index in [1.54, 1.807) is 23.5 Å². The Bertz CT molecular complexity index is 731. The Morgan fingerprint density at radius 1 is 1.26 bits per heavy atom. The predicted molar refractivity (Wildman–Crippen MR) is 108 cm³/mol. The third-order valence-electron chi connectivity index (χ3n) is 4.80. The maximum absolute atomic E-state index is 6.04. The SMILES string of the molecule is CCc1nnc(SCc2cc(CCCN3CCOCC3)ccc2OC)n1N. The highest BCUT2D eigenvalue weighted by Crippen LogP contribution is 2.28. The normalized spacial score (nSPS) is 15.2. The molecule has 8 heteroatoms. The van der Waals surface area contributed by atoms with Crippen molar-refractivity contribution in [2.45, 2.75) is 37.1 Å². The summed E-state index contributed by atoms with van der Waals surface area (Å²) in [6.45, 7) is 6.94. The van der Waals surface area contributed by atoms with Crippen molar-refractivity contribution >= 4 is 11.8 Å². The molecule has 2 aromatic rings. The zero-order valence-corrected chi connectivity index (χ0v) is 17.0. The number of hydrogen-bond acceptors (Lipinski definition) is 7. The van der Waals surface area contributed by atoms with Gasteiger partial charge in [-0.25, -0.2) is 4.68 Å². The van der Waals surface area contributed by atoms with Crippen LogP contribution < -0.4 is 10.6 Å². The molecule has 1 fully saturated rings. The molecule has 1 aromatic carbocycles. The molecule has 27 heavy (non-hydrogen) atoms. The minimum absolute atomic E-state index is 0.728. The van der Waals surface area contributed by atoms with Gasteiger partial charge in [-0.05, 0) is 31.0 Å². The Labute approximate surface area is 165 Å². The van der Waals surface area contributed by atoms with Gasteiger partial charge in [-0.2, -0.15) is 0 Å². The zero-order chi connectivity index (χ0) is 19.1. The minimum atomic E-state index is 0.728. The average molecular weight is 392 g/mol. The van der Waals surface area contributed by atoms with E-state index in [-0.39, 0.29) is 0 Å². The molecule has 1 aliphatic heterocycles. The molecule has 0 amide bonds. The molecule has 3 rings (SSSR count). The van der Waals surface area contributed by atoms with Gasteiger partial charge in [-0.3, -0.25) is 4.90 Å². The second-order valence-corrected chi connectivity index (χ2v) is 7.56. The van der Waals surface area contributed by atoms with Crippen LogP contribution in [0.1, 0.15) is 30.3 Å². The Hall–Kier alpha value is -1.77. The van der Waals surface area contributed by atoms with Gasteiger partial charge in [0.15, 0.2) is 5.82 Å². The highest BCUT2D eigenvalue weighted by atomic mass is 32.2. The summed E-state index contributed by atoms with van der Waals surface area (Å²) < 4.78 is 12.5. The summed E-state index contributed by atoms with van der Waals surface area (Å²) in [7, 11) is 1.71. The van der Waals surface area contributed by atoms with Crippen LogP contribution in [0, 0.1) is 0 Å². The fourth-order valence-corrected chi connectivity index (χ4v) is 4.07. The second kappa shape index (κ2) is 9.96. The Morgan fingerprint density at radius 2 is 2.07 bits per heavy atom. The third-order valence-corrected chi connectivity index (χ3v) is 5.79. The van der Waals surface area contributed by atoms with Crippen molar-refractivity contribution in [1.29, 1.82) is 0 Å². The largest absolute Gasteiger partial charge is 0.496 e. The van der Waals surface area contributed by atoms with Crippen LogP contribution in [-0.4, -0.2) is 59.7 Å². The number of nitrogens with zero attached hydrogens (tertiary/aromatic N) is 4. The summed E-state index contributed by atoms with van der Waals surface area (Å²) in [5, 5.41) is 9.02. The van der Waals surface area contributed by atoms with Crippen LogP contribution in [-0.2, 0) is 23.3 Å². The molecule has 0 atom stereocenters. The lowest BCUT2D eigenvalue weighted by Crippen LogP contribution is -2.36. The standard InChI is InChI=1S/C19H29N5O2S/c1-3-18-21-22-19(24(18)20)27-14-16-13-15(6-7-17(16)25-2)5-4-8-23-9-11-26-12-10-23/h6-7,13H,3-5,8-12,14,20H2,1-2H3. The molecule has 1 aliphatic rings. The number of aromatic nitrogens is 3. The van der Waals surface area contributed by atoms with Gasteiger partial charge >= 0.3 is 0 Å². The first-order valence-electron chi connectivity index (χ1n) is 9.49. The fraction of sp³-hybridized carbons (Fsp3) is 0.579. The van der Waals surface area contributed by atoms with Crippen LogP contribution in [0.2, 0.25) is 0 Å². The van der Waals surface area contributed by atoms with Crippen molar-refractivity contribution in [1.82, 2.24) is 19.8 Å². The Morgan fingerprint density at radius 3 is 2.78 bits per heavy atom. The van der Waals surface area contributed by atoms with Gasteiger partial charge in [-0.15, -0.1) is 10.2 Å². The minimum Gasteiger partial charge on any atom is -0.496 e. The number of thioether (sulfide) groups is 1. The van der Waals surface area contributed by atoms with Gasteiger partial charge in [-0.1, -0.05) is 30.8 Å². The quantitative estimate of drug-likeness (QED) is 0.518. The van der Waals surface area contributed by atoms with Crippen molar-refractivity contribution in [3.63, 3.8) is 0 Å². The number of nitrogens with two attached hydrogens (primary N) is 1. The van der Waals surface area contributed by atoms with Gasteiger partial charge in [0.2, 0.25) is 5.16 Å². The van der Waals surface area contributed by atoms with Crippen LogP contribution in [0.4, 0.5) is 0 Å². The first-order valence-corrected chi connectivity index (χ1v) is 10.5. The molecule has 2 N–H and O–H groups in total. The average Bonchev–Trinajstić information content (AvgIpc) is 3.07. The van der Waals surface area contributed by atoms with Crippen LogP contribution in [0.3, 0.4) is 0 Å². The summed E-state index contributed by atoms with van der Waals surface area (Å²) in [5.41, 5.74) is 2.50. The highest BCUT2D eigenvalue weighted by Gasteiger charge is 2.12. The Balaban J connectivity index is 1.58. The molecule has 7 nitrogen and oxygen atoms in total. The van der Waals surface area contributed by atoms with E-state index in [1.807, 2.05) is 6.92 Å². The number of aryl methyl sites for hydroxylation is 2. The second-order valence-electron chi connectivity index (χ2n) is 6.61. The maximum Gasteiger partial charge on any atom is 0.210 e. The van der Waals surface area contributed by atoms with Crippen molar-refractivity contribution < 1.29 is 9.47 Å². The van der Waals surface area contributed by atoms with Gasteiger partial charge in [0.05, 0.1) is 20.3 Å². The lowest BCUT2D eigenvalue weighted by atomic mass is 10.1. The Kier molecular flexibility index (Phi) is 7.37. The summed E-state index contributed by atoms with van der Waals surface area (Å²) in [5.74, 6) is 8.48. The van der Waals surface area contributed by atoms with Crippen molar-refractivity contribution in [3.05, 3.63) is 35.2 Å². The zero-order valence-electron chi connectivity index (χ0n) is 16.2. The number of methoxy groups -OCH3 is 1. The van der Waals surface area contributed by atoms with Crippen LogP contribution in [0.25, 0.3) is 0 Å². The molecule has 1 saturated heterocycles. The molecule has 0 bridgehead atoms. The summed E-state index contributed by atoms with van der Waals surface area (Å²) in [4.78, 5) is 2.48. The van der Waals surface area contributed by atoms with E-state index in [0.717, 1.165) is 80.2 Å². The van der Waals surface area contributed by atoms with Crippen molar-refractivity contribution in [2.24, 2.45) is 0 Å². The molecule has 0 aliphatic carbocycles. The first kappa shape index (κ1) is 20.0. The molecule has 0 spiro atoms. The topological polar surface area (TPSA) is 78.4 Å². The summed E-state index contributed by atoms with van der Waals surface area (Å²) in [6, 6.07) is 6.46. The predicted octanol–water partition coefficient (Wildman–Crippen LogP) is 2.12. The van der Waals surface area contributed by atoms with Crippen molar-refractivity contribution in [2.75, 3.05) is 45.8 Å². The van der Waals surface area contributed by atoms with Crippen molar-refractivity contribution in [3.8, 4) is 5.75 Å². The van der Waals surface area contributed by atoms with Gasteiger partial charge < -0.3 is 15.3 Å². The lowest BCUT2D eigenvalue weighted by Gasteiger charge is -2.26. The molecule has 0 radical (unpaired) electrons. The lowest BCUT2D eigenvalue weighted by molar-refractivity contribution is 0.0374. The summed E-state index contributed by atoms with van der Waals surface area (Å²) >= 11 is 1.58. The van der Waals surface area contributed by atoms with Crippen LogP contribution in [0.5, 0.6) is 5.75 Å². The molecule has 2 heterocycles. The van der Waals surface area contributed by atoms with Crippen LogP contribution >= 0.6 is 11.8 Å². The number of hydrogen-bond donors (Lipinski definition) is 1. The first-order chi connectivity index (χ1) is 13.2. The van der Waals surface area contributed by atoms with E-state index < -0.39 is 0 Å². The van der Waals surface area contributed by atoms with Gasteiger partial charge in [0, 0.05) is 30.8 Å². The number of rotatable bonds is 9. The highest BCUT2D eigenvalue weighted by molar-refractivity contribution is 7.98. The molecule has 0 saturated carbocycles. The molecule has 1 aromatic heterocycles. The fourth-order valence-electron chi connectivity index (χ4n) is 3.22. The summed E-state index contributed by atoms with van der Waals surface area (Å²) in [6.07, 6.45) is 2.98. The van der Waals surface area contributed by atoms with E-state index in [0.29, 0.717) is 0 Å². The molecular weight excluding hydrogens is 362 g/mol. The number of ether oxygens (including phenoxy) is 2. The maximum atomic E-state index is 6.04. The van der Waals surface area contributed by atoms with Gasteiger partial charge in [0.1, 0.15) is 5.75 Å². The third kappa shape index (κ3) is 5.37.